The normalized spacial score (nSPS) is 12.2. The number of rotatable bonds is 9. The SMILES string of the molecule is C/C(O)=C(/N=Nc1cc(Cl)c(C)cc1O)C(=O)Nc1ccccc1.C/C(O)=C(/N=Nc1cc(Cl)c(S(N)(=O)=O)cc1O)C(=O)Nc1ccccc1.[Co]. The first-order chi connectivity index (χ1) is 24.0. The summed E-state index contributed by atoms with van der Waals surface area (Å²) in [4.78, 5) is 24.0. The summed E-state index contributed by atoms with van der Waals surface area (Å²) in [6.07, 6.45) is 0. The van der Waals surface area contributed by atoms with Gasteiger partial charge in [0.25, 0.3) is 11.8 Å². The number of phenolic OH excluding ortho intramolecular Hbond substituents is 2. The number of allylic oxidation sites excluding steroid dienone is 2. The molecule has 4 aromatic carbocycles. The molecule has 0 saturated heterocycles. The second kappa shape index (κ2) is 19.3. The summed E-state index contributed by atoms with van der Waals surface area (Å²) in [5, 5.41) is 64.2. The van der Waals surface area contributed by atoms with Crippen LogP contribution in [0.3, 0.4) is 0 Å². The number of aliphatic hydroxyl groups is 2. The summed E-state index contributed by atoms with van der Waals surface area (Å²) in [6.45, 7) is 4.29. The number of carbonyl (C=O) groups excluding carboxylic acids is 2. The molecule has 0 saturated carbocycles. The van der Waals surface area contributed by atoms with Gasteiger partial charge in [0, 0.05) is 39.2 Å². The van der Waals surface area contributed by atoms with Gasteiger partial charge >= 0.3 is 0 Å². The minimum atomic E-state index is -4.14. The van der Waals surface area contributed by atoms with Gasteiger partial charge in [-0.3, -0.25) is 9.59 Å². The number of primary sulfonamides is 1. The van der Waals surface area contributed by atoms with Crippen molar-refractivity contribution in [3.8, 4) is 11.5 Å². The molecular formula is C33H31Cl2CoN7O8S. The van der Waals surface area contributed by atoms with Crippen molar-refractivity contribution in [3.63, 3.8) is 0 Å². The van der Waals surface area contributed by atoms with E-state index in [0.717, 1.165) is 12.1 Å². The van der Waals surface area contributed by atoms with Crippen molar-refractivity contribution in [2.45, 2.75) is 25.7 Å². The average molecular weight is 816 g/mol. The number of para-hydroxylation sites is 2. The molecule has 0 aliphatic carbocycles. The fraction of sp³-hybridized carbons (Fsp3) is 0.0909. The number of benzene rings is 4. The summed E-state index contributed by atoms with van der Waals surface area (Å²) >= 11 is 11.8. The monoisotopic (exact) mass is 814 g/mol. The Balaban J connectivity index is 0.000000356. The molecule has 0 spiro atoms. The number of sulfonamides is 1. The van der Waals surface area contributed by atoms with Crippen LogP contribution >= 0.6 is 23.2 Å². The summed E-state index contributed by atoms with van der Waals surface area (Å²) in [5.41, 5.74) is 0.900. The zero-order chi connectivity index (χ0) is 37.9. The van der Waals surface area contributed by atoms with Crippen LogP contribution in [0.5, 0.6) is 11.5 Å². The van der Waals surface area contributed by atoms with Crippen molar-refractivity contribution in [2.24, 2.45) is 25.6 Å². The Morgan fingerprint density at radius 1 is 0.692 bits per heavy atom. The van der Waals surface area contributed by atoms with Gasteiger partial charge in [0.05, 0.1) is 5.02 Å². The van der Waals surface area contributed by atoms with Gasteiger partial charge in [0.15, 0.2) is 11.4 Å². The Bertz CT molecular complexity index is 2160. The zero-order valence-corrected chi connectivity index (χ0v) is 30.7. The van der Waals surface area contributed by atoms with E-state index >= 15 is 0 Å². The molecule has 0 fully saturated rings. The topological polar surface area (TPSA) is 249 Å². The van der Waals surface area contributed by atoms with E-state index in [-0.39, 0.29) is 50.4 Å². The standard InChI is InChI=1S/C17H16ClN3O3.C16H15ClN4O5S.Co/c1-10-8-15(23)14(9-13(10)18)20-21-16(11(2)22)17(24)19-12-6-4-3-5-7-12;1-9(22)15(16(24)19-10-5-3-2-4-6-10)21-20-12-7-11(17)14(8-13(12)23)27(18,25)26;/h3-9,22-23H,1-2H3,(H,19,24);2-8,22-23H,1H3,(H,19,24)(H2,18,25,26);/b16-11-,21-20?;15-9-,21-20?;. The molecule has 19 heteroatoms. The maximum Gasteiger partial charge on any atom is 0.279 e. The number of amides is 2. The van der Waals surface area contributed by atoms with Crippen LogP contribution in [0.4, 0.5) is 22.7 Å². The number of phenols is 2. The van der Waals surface area contributed by atoms with Crippen molar-refractivity contribution < 1.29 is 55.2 Å². The van der Waals surface area contributed by atoms with E-state index < -0.39 is 43.9 Å². The van der Waals surface area contributed by atoms with Crippen LogP contribution in [0.25, 0.3) is 0 Å². The average Bonchev–Trinajstić information content (AvgIpc) is 3.05. The number of aryl methyl sites for hydroxylation is 1. The van der Waals surface area contributed by atoms with Crippen LogP contribution in [0.15, 0.2) is 133 Å². The van der Waals surface area contributed by atoms with E-state index in [1.165, 1.54) is 26.0 Å². The Kier molecular flexibility index (Phi) is 15.9. The molecule has 0 aliphatic rings. The number of carbonyl (C=O) groups is 2. The summed E-state index contributed by atoms with van der Waals surface area (Å²) < 4.78 is 22.7. The predicted octanol–water partition coefficient (Wildman–Crippen LogP) is 8.07. The molecule has 0 atom stereocenters. The third kappa shape index (κ3) is 12.5. The number of azo groups is 2. The Labute approximate surface area is 318 Å². The molecule has 15 nitrogen and oxygen atoms in total. The van der Waals surface area contributed by atoms with E-state index in [2.05, 4.69) is 31.1 Å². The van der Waals surface area contributed by atoms with Gasteiger partial charge in [-0.15, -0.1) is 20.5 Å². The van der Waals surface area contributed by atoms with Crippen LogP contribution in [0.1, 0.15) is 19.4 Å². The number of hydrogen-bond acceptors (Lipinski definition) is 12. The fourth-order valence-corrected chi connectivity index (χ4v) is 5.01. The van der Waals surface area contributed by atoms with E-state index in [4.69, 9.17) is 28.3 Å². The predicted molar refractivity (Wildman–Crippen MR) is 192 cm³/mol. The summed E-state index contributed by atoms with van der Waals surface area (Å²) in [6, 6.07) is 21.9. The summed E-state index contributed by atoms with van der Waals surface area (Å²) in [7, 11) is -4.14. The van der Waals surface area contributed by atoms with E-state index in [9.17, 15) is 38.4 Å². The number of hydrogen-bond donors (Lipinski definition) is 7. The van der Waals surface area contributed by atoms with Crippen LogP contribution in [-0.4, -0.2) is 40.7 Å². The van der Waals surface area contributed by atoms with Gasteiger partial charge < -0.3 is 31.1 Å². The number of aliphatic hydroxyl groups excluding tert-OH is 2. The fourth-order valence-electron chi connectivity index (χ4n) is 3.76. The van der Waals surface area contributed by atoms with Crippen molar-refractivity contribution in [3.05, 3.63) is 123 Å². The van der Waals surface area contributed by atoms with Crippen molar-refractivity contribution in [2.75, 3.05) is 10.6 Å². The van der Waals surface area contributed by atoms with Crippen molar-refractivity contribution in [1.29, 1.82) is 0 Å². The molecule has 4 rings (SSSR count). The van der Waals surface area contributed by atoms with Crippen molar-refractivity contribution in [1.82, 2.24) is 0 Å². The summed E-state index contributed by atoms with van der Waals surface area (Å²) in [5.74, 6) is -2.78. The smallest absolute Gasteiger partial charge is 0.279 e. The first kappa shape index (κ1) is 42.9. The molecule has 4 aromatic rings. The largest absolute Gasteiger partial charge is 0.510 e. The van der Waals surface area contributed by atoms with E-state index in [1.54, 1.807) is 61.5 Å². The Morgan fingerprint density at radius 2 is 1.08 bits per heavy atom. The second-order valence-corrected chi connectivity index (χ2v) is 12.7. The molecule has 275 valence electrons. The van der Waals surface area contributed by atoms with Crippen LogP contribution < -0.4 is 15.8 Å². The van der Waals surface area contributed by atoms with Gasteiger partial charge in [0.1, 0.15) is 39.3 Å². The molecule has 0 bridgehead atoms. The number of nitrogens with two attached hydrogens (primary N) is 1. The van der Waals surface area contributed by atoms with Gasteiger partial charge in [-0.05, 0) is 68.8 Å². The zero-order valence-electron chi connectivity index (χ0n) is 27.4. The number of halogens is 2. The number of nitrogens with zero attached hydrogens (tertiary/aromatic N) is 4. The number of nitrogens with one attached hydrogen (secondary N) is 2. The third-order valence-corrected chi connectivity index (χ3v) is 8.07. The van der Waals surface area contributed by atoms with Crippen LogP contribution in [-0.2, 0) is 36.4 Å². The Morgan fingerprint density at radius 3 is 1.46 bits per heavy atom. The molecule has 8 N–H and O–H groups in total. The maximum absolute atomic E-state index is 12.2. The molecule has 0 unspecified atom stereocenters. The van der Waals surface area contributed by atoms with Crippen molar-refractivity contribution >= 4 is 67.8 Å². The maximum atomic E-state index is 12.2. The second-order valence-electron chi connectivity index (χ2n) is 10.3. The molecular weight excluding hydrogens is 784 g/mol. The quantitative estimate of drug-likeness (QED) is 0.0493. The molecule has 52 heavy (non-hydrogen) atoms. The minimum Gasteiger partial charge on any atom is -0.510 e. The molecule has 0 heterocycles. The van der Waals surface area contributed by atoms with Crippen LogP contribution in [0.2, 0.25) is 10.0 Å². The van der Waals surface area contributed by atoms with Gasteiger partial charge in [-0.1, -0.05) is 59.6 Å². The Hall–Kier alpha value is -5.30. The van der Waals surface area contributed by atoms with Crippen LogP contribution in [0, 0.1) is 6.92 Å². The first-order valence-corrected chi connectivity index (χ1v) is 16.7. The minimum absolute atomic E-state index is 0. The van der Waals surface area contributed by atoms with Gasteiger partial charge in [-0.2, -0.15) is 0 Å². The molecule has 2 amide bonds. The molecule has 1 radical (unpaired) electrons. The molecule has 0 aromatic heterocycles. The van der Waals surface area contributed by atoms with E-state index in [1.807, 2.05) is 6.07 Å². The van der Waals surface area contributed by atoms with E-state index in [0.29, 0.717) is 22.0 Å². The third-order valence-electron chi connectivity index (χ3n) is 6.29. The van der Waals surface area contributed by atoms with Gasteiger partial charge in [-0.25, -0.2) is 13.6 Å². The first-order valence-electron chi connectivity index (χ1n) is 14.4. The number of aromatic hydroxyl groups is 2. The number of anilines is 2. The molecule has 0 aliphatic heterocycles. The van der Waals surface area contributed by atoms with Gasteiger partial charge in [0.2, 0.25) is 10.0 Å².